The first-order valence-electron chi connectivity index (χ1n) is 5.15. The van der Waals surface area contributed by atoms with Crippen molar-refractivity contribution in [3.8, 4) is 0 Å². The van der Waals surface area contributed by atoms with Crippen molar-refractivity contribution < 1.29 is 9.53 Å². The monoisotopic (exact) mass is 347 g/mol. The Morgan fingerprint density at radius 2 is 2.17 bits per heavy atom. The van der Waals surface area contributed by atoms with Crippen LogP contribution in [0.1, 0.15) is 17.3 Å². The van der Waals surface area contributed by atoms with Gasteiger partial charge in [0.05, 0.1) is 27.7 Å². The Kier molecular flexibility index (Phi) is 4.10. The summed E-state index contributed by atoms with van der Waals surface area (Å²) in [6, 6.07) is 3.48. The molecule has 1 aromatic carbocycles. The number of halogens is 3. The van der Waals surface area contributed by atoms with E-state index in [0.717, 1.165) is 4.47 Å². The second kappa shape index (κ2) is 5.43. The van der Waals surface area contributed by atoms with Gasteiger partial charge in [-0.15, -0.1) is 0 Å². The first-order valence-corrected chi connectivity index (χ1v) is 6.70. The van der Waals surface area contributed by atoms with Crippen LogP contribution in [0.4, 0.5) is 0 Å². The van der Waals surface area contributed by atoms with E-state index in [2.05, 4.69) is 20.9 Å². The van der Waals surface area contributed by atoms with Crippen molar-refractivity contribution in [2.45, 2.75) is 6.92 Å². The third kappa shape index (κ3) is 2.46. The molecule has 94 valence electrons. The molecular weight excluding hydrogens is 341 g/mol. The molecule has 1 aromatic heterocycles. The zero-order valence-corrected chi connectivity index (χ0v) is 12.4. The van der Waals surface area contributed by atoms with Gasteiger partial charge in [-0.1, -0.05) is 39.1 Å². The van der Waals surface area contributed by atoms with Crippen molar-refractivity contribution >= 4 is 56.0 Å². The van der Waals surface area contributed by atoms with E-state index >= 15 is 0 Å². The molecule has 3 nitrogen and oxygen atoms in total. The SMILES string of the molecule is CCOC(=O)c1cnc2c(Cl)cc(Br)cc2c1Cl. The molecule has 18 heavy (non-hydrogen) atoms. The number of esters is 1. The number of carbonyl (C=O) groups excluding carboxylic acids is 1. The Hall–Kier alpha value is -0.840. The van der Waals surface area contributed by atoms with Gasteiger partial charge in [-0.25, -0.2) is 4.79 Å². The van der Waals surface area contributed by atoms with Crippen LogP contribution < -0.4 is 0 Å². The second-order valence-corrected chi connectivity index (χ2v) is 5.19. The number of hydrogen-bond acceptors (Lipinski definition) is 3. The molecule has 2 rings (SSSR count). The molecule has 0 N–H and O–H groups in total. The Morgan fingerprint density at radius 3 is 2.83 bits per heavy atom. The number of hydrogen-bond donors (Lipinski definition) is 0. The van der Waals surface area contributed by atoms with Crippen LogP contribution in [0.25, 0.3) is 10.9 Å². The van der Waals surface area contributed by atoms with E-state index in [9.17, 15) is 4.79 Å². The lowest BCUT2D eigenvalue weighted by Crippen LogP contribution is -2.06. The summed E-state index contributed by atoms with van der Waals surface area (Å²) < 4.78 is 5.68. The minimum absolute atomic E-state index is 0.236. The maximum atomic E-state index is 11.7. The molecule has 0 aliphatic carbocycles. The van der Waals surface area contributed by atoms with Gasteiger partial charge in [0.2, 0.25) is 0 Å². The average molecular weight is 349 g/mol. The molecule has 0 aliphatic heterocycles. The number of rotatable bonds is 2. The van der Waals surface area contributed by atoms with E-state index in [0.29, 0.717) is 20.9 Å². The summed E-state index contributed by atoms with van der Waals surface area (Å²) in [5, 5.41) is 1.37. The summed E-state index contributed by atoms with van der Waals surface area (Å²) in [4.78, 5) is 15.8. The minimum atomic E-state index is -0.493. The fourth-order valence-electron chi connectivity index (χ4n) is 1.55. The first kappa shape index (κ1) is 13.6. The lowest BCUT2D eigenvalue weighted by Gasteiger charge is -2.08. The molecule has 0 bridgehead atoms. The van der Waals surface area contributed by atoms with Crippen LogP contribution >= 0.6 is 39.1 Å². The minimum Gasteiger partial charge on any atom is -0.462 e. The Morgan fingerprint density at radius 1 is 1.44 bits per heavy atom. The fraction of sp³-hybridized carbons (Fsp3) is 0.167. The summed E-state index contributed by atoms with van der Waals surface area (Å²) in [6.07, 6.45) is 1.38. The Labute approximate surface area is 122 Å². The van der Waals surface area contributed by atoms with Crippen molar-refractivity contribution in [2.24, 2.45) is 0 Å². The highest BCUT2D eigenvalue weighted by Gasteiger charge is 2.16. The topological polar surface area (TPSA) is 39.2 Å². The Balaban J connectivity index is 2.67. The van der Waals surface area contributed by atoms with Gasteiger partial charge in [0.1, 0.15) is 0 Å². The predicted octanol–water partition coefficient (Wildman–Crippen LogP) is 4.48. The van der Waals surface area contributed by atoms with E-state index in [1.807, 2.05) is 0 Å². The van der Waals surface area contributed by atoms with E-state index < -0.39 is 5.97 Å². The van der Waals surface area contributed by atoms with Gasteiger partial charge in [-0.05, 0) is 19.1 Å². The van der Waals surface area contributed by atoms with Gasteiger partial charge in [0.15, 0.2) is 0 Å². The third-order valence-electron chi connectivity index (χ3n) is 2.32. The van der Waals surface area contributed by atoms with Crippen LogP contribution in [0.2, 0.25) is 10.0 Å². The molecule has 6 heteroatoms. The normalized spacial score (nSPS) is 10.7. The molecule has 0 fully saturated rings. The van der Waals surface area contributed by atoms with Crippen LogP contribution in [0.15, 0.2) is 22.8 Å². The zero-order chi connectivity index (χ0) is 13.3. The molecule has 0 aliphatic rings. The summed E-state index contributed by atoms with van der Waals surface area (Å²) in [6.45, 7) is 2.01. The van der Waals surface area contributed by atoms with Gasteiger partial charge in [0, 0.05) is 16.1 Å². The van der Waals surface area contributed by atoms with Gasteiger partial charge < -0.3 is 4.74 Å². The number of benzene rings is 1. The van der Waals surface area contributed by atoms with Crippen molar-refractivity contribution in [1.82, 2.24) is 4.98 Å². The fourth-order valence-corrected chi connectivity index (χ4v) is 2.67. The highest BCUT2D eigenvalue weighted by atomic mass is 79.9. The standard InChI is InChI=1S/C12H8BrCl2NO2/c1-2-18-12(17)8-5-16-11-7(10(8)15)3-6(13)4-9(11)14/h3-5H,2H2,1H3. The number of fused-ring (bicyclic) bond motifs is 1. The van der Waals surface area contributed by atoms with E-state index in [-0.39, 0.29) is 12.2 Å². The largest absolute Gasteiger partial charge is 0.462 e. The molecule has 1 heterocycles. The second-order valence-electron chi connectivity index (χ2n) is 3.49. The number of carbonyl (C=O) groups is 1. The molecular formula is C12H8BrCl2NO2. The van der Waals surface area contributed by atoms with Crippen LogP contribution in [0.3, 0.4) is 0 Å². The molecule has 0 amide bonds. The van der Waals surface area contributed by atoms with Crippen molar-refractivity contribution in [1.29, 1.82) is 0 Å². The lowest BCUT2D eigenvalue weighted by molar-refractivity contribution is 0.0526. The summed E-state index contributed by atoms with van der Waals surface area (Å²) in [5.74, 6) is -0.493. The predicted molar refractivity (Wildman–Crippen MR) is 75.4 cm³/mol. The molecule has 0 spiro atoms. The van der Waals surface area contributed by atoms with Crippen molar-refractivity contribution in [2.75, 3.05) is 6.61 Å². The number of ether oxygens (including phenoxy) is 1. The zero-order valence-electron chi connectivity index (χ0n) is 9.34. The first-order chi connectivity index (χ1) is 8.54. The quantitative estimate of drug-likeness (QED) is 0.751. The van der Waals surface area contributed by atoms with Crippen molar-refractivity contribution in [3.05, 3.63) is 38.4 Å². The van der Waals surface area contributed by atoms with Crippen LogP contribution in [0, 0.1) is 0 Å². The highest BCUT2D eigenvalue weighted by molar-refractivity contribution is 9.10. The maximum Gasteiger partial charge on any atom is 0.341 e. The molecule has 0 unspecified atom stereocenters. The summed E-state index contributed by atoms with van der Waals surface area (Å²) in [5.41, 5.74) is 0.790. The Bertz CT molecular complexity index is 631. The van der Waals surface area contributed by atoms with Gasteiger partial charge in [-0.3, -0.25) is 4.98 Å². The van der Waals surface area contributed by atoms with E-state index in [4.69, 9.17) is 27.9 Å². The van der Waals surface area contributed by atoms with Gasteiger partial charge in [-0.2, -0.15) is 0 Å². The number of aromatic nitrogens is 1. The van der Waals surface area contributed by atoms with Crippen LogP contribution in [-0.2, 0) is 4.74 Å². The molecule has 0 saturated carbocycles. The van der Waals surface area contributed by atoms with Crippen molar-refractivity contribution in [3.63, 3.8) is 0 Å². The number of pyridine rings is 1. The molecule has 2 aromatic rings. The van der Waals surface area contributed by atoms with Crippen LogP contribution in [0.5, 0.6) is 0 Å². The summed E-state index contributed by atoms with van der Waals surface area (Å²) in [7, 11) is 0. The van der Waals surface area contributed by atoms with E-state index in [1.165, 1.54) is 6.20 Å². The smallest absolute Gasteiger partial charge is 0.341 e. The highest BCUT2D eigenvalue weighted by Crippen LogP contribution is 2.33. The molecule has 0 saturated heterocycles. The van der Waals surface area contributed by atoms with Gasteiger partial charge >= 0.3 is 5.97 Å². The maximum absolute atomic E-state index is 11.7. The number of nitrogens with zero attached hydrogens (tertiary/aromatic N) is 1. The third-order valence-corrected chi connectivity index (χ3v) is 3.47. The van der Waals surface area contributed by atoms with E-state index in [1.54, 1.807) is 19.1 Å². The van der Waals surface area contributed by atoms with Gasteiger partial charge in [0.25, 0.3) is 0 Å². The summed E-state index contributed by atoms with van der Waals surface area (Å²) >= 11 is 15.6. The average Bonchev–Trinajstić information content (AvgIpc) is 2.30. The molecule has 0 atom stereocenters. The van der Waals surface area contributed by atoms with Crippen LogP contribution in [-0.4, -0.2) is 17.6 Å². The molecule has 0 radical (unpaired) electrons. The lowest BCUT2D eigenvalue weighted by atomic mass is 10.1.